The van der Waals surface area contributed by atoms with Crippen molar-refractivity contribution in [3.63, 3.8) is 0 Å². The Kier molecular flexibility index (Phi) is 7.09. The summed E-state index contributed by atoms with van der Waals surface area (Å²) in [7, 11) is 0. The number of nitrogens with zero attached hydrogens (tertiary/aromatic N) is 1. The Bertz CT molecular complexity index is 253. The minimum Gasteiger partial charge on any atom is -0.258 e. The van der Waals surface area contributed by atoms with Gasteiger partial charge in [-0.1, -0.05) is 33.8 Å². The molecule has 0 unspecified atom stereocenters. The molecule has 0 bridgehead atoms. The molecule has 0 atom stereocenters. The van der Waals surface area contributed by atoms with Gasteiger partial charge in [0.15, 0.2) is 0 Å². The third kappa shape index (κ3) is 3.49. The summed E-state index contributed by atoms with van der Waals surface area (Å²) in [5.41, 5.74) is 3.95. The summed E-state index contributed by atoms with van der Waals surface area (Å²) in [6.45, 7) is 10.1. The molecule has 0 amide bonds. The Morgan fingerprint density at radius 3 is 2.29 bits per heavy atom. The van der Waals surface area contributed by atoms with E-state index in [-0.39, 0.29) is 0 Å². The molecule has 0 saturated heterocycles. The van der Waals surface area contributed by atoms with E-state index in [4.69, 9.17) is 0 Å². The second-order valence-electron chi connectivity index (χ2n) is 2.91. The van der Waals surface area contributed by atoms with Crippen molar-refractivity contribution in [2.45, 2.75) is 53.9 Å². The standard InChI is InChI=1S/C9H11N.2C2H6/c1-7-5-6-8-3-2-4-9(8)10-7;2*1-2/h5-6H,2-4H2,1H3;2*1-2H3. The molecule has 0 aromatic carbocycles. The zero-order valence-corrected chi connectivity index (χ0v) is 10.2. The fraction of sp³-hybridized carbons (Fsp3) is 0.615. The first-order valence-electron chi connectivity index (χ1n) is 5.82. The molecule has 0 spiro atoms. The molecule has 1 nitrogen and oxygen atoms in total. The third-order valence-electron chi connectivity index (χ3n) is 2.07. The van der Waals surface area contributed by atoms with Crippen molar-refractivity contribution in [3.05, 3.63) is 29.1 Å². The molecule has 1 aromatic rings. The number of rotatable bonds is 0. The SMILES string of the molecule is CC.CC.Cc1ccc2c(n1)CCC2. The van der Waals surface area contributed by atoms with Gasteiger partial charge in [0.25, 0.3) is 0 Å². The topological polar surface area (TPSA) is 12.9 Å². The van der Waals surface area contributed by atoms with Gasteiger partial charge in [0.05, 0.1) is 0 Å². The molecular formula is C13H23N. The van der Waals surface area contributed by atoms with Crippen LogP contribution in [0.3, 0.4) is 0 Å². The van der Waals surface area contributed by atoms with E-state index in [0.717, 1.165) is 5.69 Å². The highest BCUT2D eigenvalue weighted by Crippen LogP contribution is 2.19. The Balaban J connectivity index is 0.000000379. The van der Waals surface area contributed by atoms with Gasteiger partial charge < -0.3 is 0 Å². The van der Waals surface area contributed by atoms with Crippen LogP contribution in [0.1, 0.15) is 51.1 Å². The van der Waals surface area contributed by atoms with E-state index < -0.39 is 0 Å². The maximum atomic E-state index is 4.45. The first kappa shape index (κ1) is 13.2. The summed E-state index contributed by atoms with van der Waals surface area (Å²) in [5.74, 6) is 0. The lowest BCUT2D eigenvalue weighted by molar-refractivity contribution is 0.897. The summed E-state index contributed by atoms with van der Waals surface area (Å²) in [6, 6.07) is 4.31. The monoisotopic (exact) mass is 193 g/mol. The van der Waals surface area contributed by atoms with Crippen LogP contribution in [0.2, 0.25) is 0 Å². The first-order valence-corrected chi connectivity index (χ1v) is 5.82. The lowest BCUT2D eigenvalue weighted by atomic mass is 10.2. The quantitative estimate of drug-likeness (QED) is 0.608. The fourth-order valence-corrected chi connectivity index (χ4v) is 1.53. The van der Waals surface area contributed by atoms with Crippen LogP contribution >= 0.6 is 0 Å². The Morgan fingerprint density at radius 2 is 1.64 bits per heavy atom. The van der Waals surface area contributed by atoms with Gasteiger partial charge in [0, 0.05) is 11.4 Å². The molecule has 14 heavy (non-hydrogen) atoms. The van der Waals surface area contributed by atoms with Crippen LogP contribution in [0.5, 0.6) is 0 Å². The van der Waals surface area contributed by atoms with Crippen molar-refractivity contribution in [1.29, 1.82) is 0 Å². The van der Waals surface area contributed by atoms with Crippen molar-refractivity contribution >= 4 is 0 Å². The van der Waals surface area contributed by atoms with Crippen molar-refractivity contribution in [2.75, 3.05) is 0 Å². The maximum Gasteiger partial charge on any atom is 0.0438 e. The molecule has 0 saturated carbocycles. The number of hydrogen-bond acceptors (Lipinski definition) is 1. The number of hydrogen-bond donors (Lipinski definition) is 0. The molecule has 80 valence electrons. The second-order valence-corrected chi connectivity index (χ2v) is 2.91. The average molecular weight is 193 g/mol. The van der Waals surface area contributed by atoms with Crippen LogP contribution in [0, 0.1) is 6.92 Å². The van der Waals surface area contributed by atoms with Gasteiger partial charge in [-0.25, -0.2) is 0 Å². The summed E-state index contributed by atoms with van der Waals surface area (Å²) in [5, 5.41) is 0. The number of aromatic nitrogens is 1. The zero-order valence-electron chi connectivity index (χ0n) is 10.2. The molecule has 2 rings (SSSR count). The van der Waals surface area contributed by atoms with Crippen LogP contribution in [-0.2, 0) is 12.8 Å². The van der Waals surface area contributed by atoms with Crippen LogP contribution in [0.4, 0.5) is 0 Å². The number of pyridine rings is 1. The van der Waals surface area contributed by atoms with E-state index in [1.165, 1.54) is 30.5 Å². The summed E-state index contributed by atoms with van der Waals surface area (Å²) in [6.07, 6.45) is 3.73. The fourth-order valence-electron chi connectivity index (χ4n) is 1.53. The number of aryl methyl sites for hydroxylation is 3. The third-order valence-corrected chi connectivity index (χ3v) is 2.07. The van der Waals surface area contributed by atoms with E-state index >= 15 is 0 Å². The zero-order chi connectivity index (χ0) is 11.0. The largest absolute Gasteiger partial charge is 0.258 e. The predicted molar refractivity (Wildman–Crippen MR) is 63.7 cm³/mol. The molecule has 0 aliphatic heterocycles. The van der Waals surface area contributed by atoms with E-state index in [9.17, 15) is 0 Å². The number of fused-ring (bicyclic) bond motifs is 1. The van der Waals surface area contributed by atoms with Gasteiger partial charge in [-0.3, -0.25) is 4.98 Å². The van der Waals surface area contributed by atoms with Crippen LogP contribution in [0.25, 0.3) is 0 Å². The lowest BCUT2D eigenvalue weighted by Gasteiger charge is -1.97. The molecule has 0 radical (unpaired) electrons. The van der Waals surface area contributed by atoms with E-state index in [1.54, 1.807) is 0 Å². The predicted octanol–water partition coefficient (Wildman–Crippen LogP) is 3.93. The Hall–Kier alpha value is -0.850. The highest BCUT2D eigenvalue weighted by Gasteiger charge is 2.10. The van der Waals surface area contributed by atoms with Gasteiger partial charge in [0.1, 0.15) is 0 Å². The highest BCUT2D eigenvalue weighted by molar-refractivity contribution is 5.26. The smallest absolute Gasteiger partial charge is 0.0438 e. The van der Waals surface area contributed by atoms with Gasteiger partial charge in [-0.15, -0.1) is 0 Å². The van der Waals surface area contributed by atoms with Gasteiger partial charge >= 0.3 is 0 Å². The summed E-state index contributed by atoms with van der Waals surface area (Å²) >= 11 is 0. The second kappa shape index (κ2) is 7.54. The molecule has 0 N–H and O–H groups in total. The minimum absolute atomic E-state index is 1.15. The van der Waals surface area contributed by atoms with Gasteiger partial charge in [0.2, 0.25) is 0 Å². The normalized spacial score (nSPS) is 11.8. The van der Waals surface area contributed by atoms with Gasteiger partial charge in [-0.2, -0.15) is 0 Å². The molecule has 0 fully saturated rings. The lowest BCUT2D eigenvalue weighted by Crippen LogP contribution is -1.89. The van der Waals surface area contributed by atoms with E-state index in [2.05, 4.69) is 24.0 Å². The van der Waals surface area contributed by atoms with Gasteiger partial charge in [-0.05, 0) is 37.8 Å². The van der Waals surface area contributed by atoms with Crippen LogP contribution in [0.15, 0.2) is 12.1 Å². The van der Waals surface area contributed by atoms with Crippen molar-refractivity contribution in [3.8, 4) is 0 Å². The van der Waals surface area contributed by atoms with Crippen LogP contribution < -0.4 is 0 Å². The van der Waals surface area contributed by atoms with E-state index in [0.29, 0.717) is 0 Å². The van der Waals surface area contributed by atoms with E-state index in [1.807, 2.05) is 27.7 Å². The molecule has 1 aliphatic carbocycles. The molecule has 1 heteroatoms. The van der Waals surface area contributed by atoms with Crippen LogP contribution in [-0.4, -0.2) is 4.98 Å². The molecule has 1 aliphatic rings. The minimum atomic E-state index is 1.15. The Labute approximate surface area is 88.6 Å². The molecule has 1 heterocycles. The highest BCUT2D eigenvalue weighted by atomic mass is 14.7. The summed E-state index contributed by atoms with van der Waals surface area (Å²) in [4.78, 5) is 4.45. The average Bonchev–Trinajstić information content (AvgIpc) is 2.71. The van der Waals surface area contributed by atoms with Crippen molar-refractivity contribution in [1.82, 2.24) is 4.98 Å². The first-order chi connectivity index (χ1) is 6.86. The summed E-state index contributed by atoms with van der Waals surface area (Å²) < 4.78 is 0. The van der Waals surface area contributed by atoms with Crippen molar-refractivity contribution < 1.29 is 0 Å². The van der Waals surface area contributed by atoms with Crippen molar-refractivity contribution in [2.24, 2.45) is 0 Å². The maximum absolute atomic E-state index is 4.45. The molecule has 1 aromatic heterocycles. The molecular weight excluding hydrogens is 170 g/mol. The Morgan fingerprint density at radius 1 is 1.00 bits per heavy atom.